The van der Waals surface area contributed by atoms with E-state index < -0.39 is 6.04 Å². The highest BCUT2D eigenvalue weighted by Gasteiger charge is 2.36. The lowest BCUT2D eigenvalue weighted by atomic mass is 9.91. The normalized spacial score (nSPS) is 26.0. The first-order valence-corrected chi connectivity index (χ1v) is 9.78. The van der Waals surface area contributed by atoms with E-state index in [0.29, 0.717) is 22.2 Å². The van der Waals surface area contributed by atoms with E-state index in [1.54, 1.807) is 40.9 Å². The van der Waals surface area contributed by atoms with E-state index in [4.69, 9.17) is 17.3 Å². The third-order valence-corrected chi connectivity index (χ3v) is 5.92. The molecule has 1 saturated carbocycles. The molecule has 1 aromatic carbocycles. The van der Waals surface area contributed by atoms with Crippen molar-refractivity contribution < 1.29 is 9.59 Å². The molecule has 1 saturated heterocycles. The van der Waals surface area contributed by atoms with Gasteiger partial charge >= 0.3 is 0 Å². The smallest absolute Gasteiger partial charge is 0.255 e. The highest BCUT2D eigenvalue weighted by Crippen LogP contribution is 2.25. The second-order valence-electron chi connectivity index (χ2n) is 6.42. The Morgan fingerprint density at radius 1 is 1.16 bits per heavy atom. The molecule has 3 rings (SSSR count). The molecule has 0 radical (unpaired) electrons. The maximum Gasteiger partial charge on any atom is 0.255 e. The van der Waals surface area contributed by atoms with Crippen molar-refractivity contribution in [3.05, 3.63) is 34.9 Å². The van der Waals surface area contributed by atoms with Crippen molar-refractivity contribution in [3.63, 3.8) is 0 Å². The lowest BCUT2D eigenvalue weighted by Crippen LogP contribution is -2.51. The van der Waals surface area contributed by atoms with Crippen molar-refractivity contribution in [2.45, 2.75) is 43.8 Å². The molecule has 1 aliphatic carbocycles. The van der Waals surface area contributed by atoms with E-state index in [1.165, 1.54) is 0 Å². The van der Waals surface area contributed by atoms with Gasteiger partial charge in [-0.3, -0.25) is 9.59 Å². The number of hydrogen-bond donors (Lipinski definition) is 2. The minimum absolute atomic E-state index is 0. The number of amides is 2. The Labute approximate surface area is 163 Å². The van der Waals surface area contributed by atoms with Crippen molar-refractivity contribution >= 4 is 47.6 Å². The highest BCUT2D eigenvalue weighted by molar-refractivity contribution is 7.99. The molecule has 0 bridgehead atoms. The monoisotopic (exact) mass is 403 g/mol. The van der Waals surface area contributed by atoms with Gasteiger partial charge in [0, 0.05) is 28.4 Å². The highest BCUT2D eigenvalue weighted by atomic mass is 35.5. The zero-order valence-corrected chi connectivity index (χ0v) is 16.2. The molecular weight excluding hydrogens is 381 g/mol. The molecule has 2 amide bonds. The summed E-state index contributed by atoms with van der Waals surface area (Å²) in [5.74, 6) is 0.997. The number of rotatable bonds is 3. The van der Waals surface area contributed by atoms with E-state index in [2.05, 4.69) is 5.32 Å². The Bertz CT molecular complexity index is 606. The molecule has 1 unspecified atom stereocenters. The largest absolute Gasteiger partial charge is 0.352 e. The van der Waals surface area contributed by atoms with Gasteiger partial charge in [0.2, 0.25) is 5.91 Å². The molecule has 0 aromatic heterocycles. The number of nitrogens with zero attached hydrogens (tertiary/aromatic N) is 1. The Morgan fingerprint density at radius 3 is 2.44 bits per heavy atom. The maximum atomic E-state index is 12.7. The van der Waals surface area contributed by atoms with Crippen LogP contribution in [0.4, 0.5) is 0 Å². The number of carbonyl (C=O) groups is 2. The van der Waals surface area contributed by atoms with Crippen LogP contribution in [0.25, 0.3) is 0 Å². The average molecular weight is 404 g/mol. The second-order valence-corrected chi connectivity index (χ2v) is 7.85. The molecule has 2 fully saturated rings. The van der Waals surface area contributed by atoms with Gasteiger partial charge in [0.05, 0.1) is 5.88 Å². The van der Waals surface area contributed by atoms with Crippen LogP contribution in [0.3, 0.4) is 0 Å². The van der Waals surface area contributed by atoms with Gasteiger partial charge in [-0.25, -0.2) is 0 Å². The van der Waals surface area contributed by atoms with Gasteiger partial charge in [-0.15, -0.1) is 24.2 Å². The summed E-state index contributed by atoms with van der Waals surface area (Å²) in [5.41, 5.74) is 6.47. The zero-order chi connectivity index (χ0) is 17.1. The Hall–Kier alpha value is -0.950. The molecule has 8 heteroatoms. The average Bonchev–Trinajstić information content (AvgIpc) is 3.07. The van der Waals surface area contributed by atoms with Crippen molar-refractivity contribution in [2.75, 3.05) is 11.6 Å². The van der Waals surface area contributed by atoms with E-state index in [0.717, 1.165) is 25.7 Å². The van der Waals surface area contributed by atoms with Gasteiger partial charge in [-0.1, -0.05) is 11.6 Å². The van der Waals surface area contributed by atoms with Crippen LogP contribution in [0.1, 0.15) is 36.0 Å². The number of hydrogen-bond acceptors (Lipinski definition) is 4. The van der Waals surface area contributed by atoms with E-state index in [1.807, 2.05) is 0 Å². The molecule has 25 heavy (non-hydrogen) atoms. The Morgan fingerprint density at radius 2 is 1.80 bits per heavy atom. The van der Waals surface area contributed by atoms with Crippen LogP contribution in [0.15, 0.2) is 24.3 Å². The second kappa shape index (κ2) is 9.12. The van der Waals surface area contributed by atoms with Crippen LogP contribution >= 0.6 is 35.8 Å². The Kier molecular flexibility index (Phi) is 7.43. The van der Waals surface area contributed by atoms with Crippen molar-refractivity contribution in [1.29, 1.82) is 0 Å². The van der Waals surface area contributed by atoms with Gasteiger partial charge < -0.3 is 16.0 Å². The Balaban J connectivity index is 0.00000225. The summed E-state index contributed by atoms with van der Waals surface area (Å²) >= 11 is 7.48. The summed E-state index contributed by atoms with van der Waals surface area (Å²) in [7, 11) is 0. The third-order valence-electron chi connectivity index (χ3n) is 4.66. The first kappa shape index (κ1) is 20.4. The summed E-state index contributed by atoms with van der Waals surface area (Å²) in [6, 6.07) is 6.81. The van der Waals surface area contributed by atoms with Gasteiger partial charge in [-0.2, -0.15) is 0 Å². The van der Waals surface area contributed by atoms with Crippen LogP contribution < -0.4 is 11.1 Å². The molecule has 5 nitrogen and oxygen atoms in total. The topological polar surface area (TPSA) is 75.4 Å². The molecular formula is C17H23Cl2N3O2S. The van der Waals surface area contributed by atoms with Gasteiger partial charge in [-0.05, 0) is 49.9 Å². The summed E-state index contributed by atoms with van der Waals surface area (Å²) in [5, 5.41) is 3.69. The predicted molar refractivity (Wildman–Crippen MR) is 104 cm³/mol. The van der Waals surface area contributed by atoms with E-state index >= 15 is 0 Å². The quantitative estimate of drug-likeness (QED) is 0.812. The van der Waals surface area contributed by atoms with Crippen molar-refractivity contribution in [1.82, 2.24) is 10.2 Å². The molecule has 0 spiro atoms. The number of nitrogens with one attached hydrogen (secondary N) is 1. The zero-order valence-electron chi connectivity index (χ0n) is 13.8. The summed E-state index contributed by atoms with van der Waals surface area (Å²) in [6.45, 7) is 0. The molecule has 138 valence electrons. The number of halogens is 2. The van der Waals surface area contributed by atoms with Crippen LogP contribution in [0.2, 0.25) is 5.02 Å². The van der Waals surface area contributed by atoms with Crippen LogP contribution in [-0.2, 0) is 4.79 Å². The first-order chi connectivity index (χ1) is 11.5. The summed E-state index contributed by atoms with van der Waals surface area (Å²) < 4.78 is 0. The molecule has 1 aromatic rings. The van der Waals surface area contributed by atoms with Gasteiger partial charge in [0.15, 0.2) is 0 Å². The molecule has 1 aliphatic heterocycles. The van der Waals surface area contributed by atoms with Gasteiger partial charge in [0.25, 0.3) is 5.91 Å². The number of carbonyl (C=O) groups excluding carboxylic acids is 2. The van der Waals surface area contributed by atoms with Crippen LogP contribution in [0.5, 0.6) is 0 Å². The fourth-order valence-corrected chi connectivity index (χ4v) is 4.46. The maximum absolute atomic E-state index is 12.7. The molecule has 3 N–H and O–H groups in total. The first-order valence-electron chi connectivity index (χ1n) is 8.25. The SMILES string of the molecule is Cl.NC1CCC(NC(=O)C2CSCN2C(=O)c2ccc(Cl)cc2)CC1. The van der Waals surface area contributed by atoms with Gasteiger partial charge in [0.1, 0.15) is 6.04 Å². The fraction of sp³-hybridized carbons (Fsp3) is 0.529. The number of thioether (sulfide) groups is 1. The lowest BCUT2D eigenvalue weighted by molar-refractivity contribution is -0.125. The molecule has 2 aliphatic rings. The molecule has 1 atom stereocenters. The van der Waals surface area contributed by atoms with E-state index in [-0.39, 0.29) is 36.3 Å². The fourth-order valence-electron chi connectivity index (χ4n) is 3.18. The minimum atomic E-state index is -0.409. The summed E-state index contributed by atoms with van der Waals surface area (Å²) in [6.07, 6.45) is 3.71. The number of nitrogens with two attached hydrogens (primary N) is 1. The molecule has 1 heterocycles. The van der Waals surface area contributed by atoms with Crippen LogP contribution in [0, 0.1) is 0 Å². The van der Waals surface area contributed by atoms with Crippen LogP contribution in [-0.4, -0.2) is 46.5 Å². The summed E-state index contributed by atoms with van der Waals surface area (Å²) in [4.78, 5) is 27.0. The van der Waals surface area contributed by atoms with Crippen molar-refractivity contribution in [2.24, 2.45) is 5.73 Å². The lowest BCUT2D eigenvalue weighted by Gasteiger charge is -2.29. The third kappa shape index (κ3) is 5.03. The minimum Gasteiger partial charge on any atom is -0.352 e. The predicted octanol–water partition coefficient (Wildman–Crippen LogP) is 2.66. The standard InChI is InChI=1S/C17H22ClN3O2S.ClH/c18-12-3-1-11(2-4-12)17(23)21-10-24-9-15(21)16(22)20-14-7-5-13(19)6-8-14;/h1-4,13-15H,5-10,19H2,(H,20,22);1H. The van der Waals surface area contributed by atoms with Crippen molar-refractivity contribution in [3.8, 4) is 0 Å². The van der Waals surface area contributed by atoms with E-state index in [9.17, 15) is 9.59 Å². The number of benzene rings is 1.